The first-order valence-electron chi connectivity index (χ1n) is 6.19. The summed E-state index contributed by atoms with van der Waals surface area (Å²) in [4.78, 5) is 23.1. The number of benzene rings is 1. The highest BCUT2D eigenvalue weighted by Crippen LogP contribution is 2.21. The molecule has 0 saturated carbocycles. The van der Waals surface area contributed by atoms with Gasteiger partial charge in [-0.1, -0.05) is 52.5 Å². The molecule has 2 aromatic rings. The second-order valence-electron chi connectivity index (χ2n) is 4.42. The molecule has 1 N–H and O–H groups in total. The maximum atomic E-state index is 11.8. The number of amides is 1. The van der Waals surface area contributed by atoms with Crippen LogP contribution in [0.2, 0.25) is 20.1 Å². The predicted molar refractivity (Wildman–Crippen MR) is 92.9 cm³/mol. The van der Waals surface area contributed by atoms with Gasteiger partial charge in [0.1, 0.15) is 16.6 Å². The molecule has 1 aromatic heterocycles. The molecule has 0 spiro atoms. The summed E-state index contributed by atoms with van der Waals surface area (Å²) in [7, 11) is 0. The number of hydrazone groups is 1. The van der Waals surface area contributed by atoms with Crippen LogP contribution >= 0.6 is 46.4 Å². The van der Waals surface area contributed by atoms with Crippen molar-refractivity contribution in [2.24, 2.45) is 5.10 Å². The molecule has 23 heavy (non-hydrogen) atoms. The Morgan fingerprint density at radius 3 is 2.35 bits per heavy atom. The van der Waals surface area contributed by atoms with Crippen LogP contribution in [0.3, 0.4) is 0 Å². The zero-order chi connectivity index (χ0) is 17.0. The van der Waals surface area contributed by atoms with Crippen LogP contribution in [-0.4, -0.2) is 16.7 Å². The van der Waals surface area contributed by atoms with Crippen molar-refractivity contribution in [3.8, 4) is 0 Å². The summed E-state index contributed by atoms with van der Waals surface area (Å²) in [5.74, 6) is -0.419. The van der Waals surface area contributed by atoms with Crippen molar-refractivity contribution in [2.45, 2.75) is 6.54 Å². The Morgan fingerprint density at radius 2 is 1.74 bits per heavy atom. The summed E-state index contributed by atoms with van der Waals surface area (Å²) in [6.45, 7) is -0.0988. The quantitative estimate of drug-likeness (QED) is 0.638. The van der Waals surface area contributed by atoms with Crippen molar-refractivity contribution in [3.05, 3.63) is 66.5 Å². The SMILES string of the molecule is O=C(Cn1cc(Cl)c(=O)c(Cl)c1)N/N=C/c1ccc(Cl)c(Cl)c1. The summed E-state index contributed by atoms with van der Waals surface area (Å²) >= 11 is 23.1. The third-order valence-corrected chi connectivity index (χ3v) is 3.94. The number of rotatable bonds is 4. The summed E-state index contributed by atoms with van der Waals surface area (Å²) in [5.41, 5.74) is 2.53. The van der Waals surface area contributed by atoms with Gasteiger partial charge in [-0.05, 0) is 17.7 Å². The van der Waals surface area contributed by atoms with Crippen molar-refractivity contribution in [1.82, 2.24) is 9.99 Å². The van der Waals surface area contributed by atoms with Crippen molar-refractivity contribution in [1.29, 1.82) is 0 Å². The fourth-order valence-electron chi connectivity index (χ4n) is 1.62. The van der Waals surface area contributed by atoms with Crippen LogP contribution in [0.1, 0.15) is 5.56 Å². The fourth-order valence-corrected chi connectivity index (χ4v) is 2.43. The Morgan fingerprint density at radius 1 is 1.09 bits per heavy atom. The number of halogens is 4. The standard InChI is InChI=1S/C14H9Cl4N3O2/c15-9-2-1-8(3-10(9)16)4-19-20-13(22)7-21-5-11(17)14(23)12(18)6-21/h1-6H,7H2,(H,20,22)/b19-4+. The first kappa shape index (κ1) is 17.8. The van der Waals surface area contributed by atoms with Gasteiger partial charge in [-0.3, -0.25) is 9.59 Å². The van der Waals surface area contributed by atoms with Gasteiger partial charge in [0.25, 0.3) is 5.91 Å². The molecule has 9 heteroatoms. The van der Waals surface area contributed by atoms with Gasteiger partial charge in [0.2, 0.25) is 5.43 Å². The number of hydrogen-bond acceptors (Lipinski definition) is 3. The van der Waals surface area contributed by atoms with Gasteiger partial charge in [-0.15, -0.1) is 0 Å². The smallest absolute Gasteiger partial charge is 0.259 e. The monoisotopic (exact) mass is 391 g/mol. The molecule has 0 radical (unpaired) electrons. The second-order valence-corrected chi connectivity index (χ2v) is 6.05. The zero-order valence-corrected chi connectivity index (χ0v) is 14.4. The van der Waals surface area contributed by atoms with E-state index in [1.54, 1.807) is 18.2 Å². The van der Waals surface area contributed by atoms with E-state index in [0.29, 0.717) is 15.6 Å². The summed E-state index contributed by atoms with van der Waals surface area (Å²) < 4.78 is 1.38. The van der Waals surface area contributed by atoms with Crippen LogP contribution in [0.25, 0.3) is 0 Å². The molecular weight excluding hydrogens is 384 g/mol. The van der Waals surface area contributed by atoms with E-state index in [-0.39, 0.29) is 16.6 Å². The average molecular weight is 393 g/mol. The van der Waals surface area contributed by atoms with Crippen molar-refractivity contribution < 1.29 is 4.79 Å². The van der Waals surface area contributed by atoms with Gasteiger partial charge in [-0.2, -0.15) is 5.10 Å². The number of hydrogen-bond donors (Lipinski definition) is 1. The molecule has 1 heterocycles. The van der Waals surface area contributed by atoms with E-state index >= 15 is 0 Å². The lowest BCUT2D eigenvalue weighted by molar-refractivity contribution is -0.121. The molecule has 5 nitrogen and oxygen atoms in total. The summed E-state index contributed by atoms with van der Waals surface area (Å²) in [5, 5.41) is 4.49. The number of carbonyl (C=O) groups is 1. The normalized spacial score (nSPS) is 11.0. The van der Waals surface area contributed by atoms with Gasteiger partial charge in [-0.25, -0.2) is 5.43 Å². The molecule has 0 bridgehead atoms. The maximum Gasteiger partial charge on any atom is 0.259 e. The minimum absolute atomic E-state index is 0.0652. The highest BCUT2D eigenvalue weighted by atomic mass is 35.5. The molecule has 0 unspecified atom stereocenters. The van der Waals surface area contributed by atoms with Crippen LogP contribution in [0.15, 0.2) is 40.5 Å². The van der Waals surface area contributed by atoms with E-state index in [2.05, 4.69) is 10.5 Å². The number of nitrogens with zero attached hydrogens (tertiary/aromatic N) is 2. The van der Waals surface area contributed by atoms with E-state index in [0.717, 1.165) is 0 Å². The lowest BCUT2D eigenvalue weighted by Crippen LogP contribution is -2.24. The number of nitrogens with one attached hydrogen (secondary N) is 1. The minimum Gasteiger partial charge on any atom is -0.342 e. The molecule has 0 aliphatic rings. The van der Waals surface area contributed by atoms with E-state index in [1.807, 2.05) is 0 Å². The first-order chi connectivity index (χ1) is 10.9. The topological polar surface area (TPSA) is 63.5 Å². The molecule has 1 amide bonds. The van der Waals surface area contributed by atoms with Crippen molar-refractivity contribution in [2.75, 3.05) is 0 Å². The minimum atomic E-state index is -0.484. The Balaban J connectivity index is 1.98. The zero-order valence-electron chi connectivity index (χ0n) is 11.4. The van der Waals surface area contributed by atoms with Crippen LogP contribution in [-0.2, 0) is 11.3 Å². The fraction of sp³-hybridized carbons (Fsp3) is 0.0714. The summed E-state index contributed by atoms with van der Waals surface area (Å²) in [6, 6.07) is 4.93. The van der Waals surface area contributed by atoms with E-state index in [1.165, 1.54) is 23.2 Å². The third-order valence-electron chi connectivity index (χ3n) is 2.66. The van der Waals surface area contributed by atoms with Gasteiger partial charge in [0.15, 0.2) is 0 Å². The van der Waals surface area contributed by atoms with E-state index in [9.17, 15) is 9.59 Å². The predicted octanol–water partition coefficient (Wildman–Crippen LogP) is 3.61. The first-order valence-corrected chi connectivity index (χ1v) is 7.70. The molecule has 1 aromatic carbocycles. The van der Waals surface area contributed by atoms with Gasteiger partial charge in [0, 0.05) is 12.4 Å². The van der Waals surface area contributed by atoms with Crippen LogP contribution in [0.4, 0.5) is 0 Å². The lowest BCUT2D eigenvalue weighted by Gasteiger charge is -2.06. The molecule has 2 rings (SSSR count). The highest BCUT2D eigenvalue weighted by molar-refractivity contribution is 6.42. The number of pyridine rings is 1. The van der Waals surface area contributed by atoms with Crippen LogP contribution < -0.4 is 10.9 Å². The molecule has 0 fully saturated rings. The van der Waals surface area contributed by atoms with Crippen LogP contribution in [0.5, 0.6) is 0 Å². The molecule has 0 aliphatic heterocycles. The highest BCUT2D eigenvalue weighted by Gasteiger charge is 2.06. The third kappa shape index (κ3) is 4.97. The molecular formula is C14H9Cl4N3O2. The molecule has 0 saturated heterocycles. The Kier molecular flexibility index (Phi) is 6.07. The van der Waals surface area contributed by atoms with E-state index < -0.39 is 11.3 Å². The Hall–Kier alpha value is -1.53. The van der Waals surface area contributed by atoms with Crippen molar-refractivity contribution in [3.63, 3.8) is 0 Å². The molecule has 0 atom stereocenters. The summed E-state index contributed by atoms with van der Waals surface area (Å²) in [6.07, 6.45) is 4.06. The number of aromatic nitrogens is 1. The van der Waals surface area contributed by atoms with Gasteiger partial charge in [0.05, 0.1) is 16.3 Å². The Labute approximate surface area is 151 Å². The van der Waals surface area contributed by atoms with Crippen molar-refractivity contribution >= 4 is 58.5 Å². The largest absolute Gasteiger partial charge is 0.342 e. The van der Waals surface area contributed by atoms with Gasteiger partial charge < -0.3 is 4.57 Å². The average Bonchev–Trinajstić information content (AvgIpc) is 2.48. The molecule has 120 valence electrons. The van der Waals surface area contributed by atoms with Gasteiger partial charge >= 0.3 is 0 Å². The maximum absolute atomic E-state index is 11.8. The van der Waals surface area contributed by atoms with Crippen LogP contribution in [0, 0.1) is 0 Å². The van der Waals surface area contributed by atoms with E-state index in [4.69, 9.17) is 46.4 Å². The Bertz CT molecular complexity index is 807. The molecule has 0 aliphatic carbocycles. The number of carbonyl (C=O) groups excluding carboxylic acids is 1. The second kappa shape index (κ2) is 7.84. The lowest BCUT2D eigenvalue weighted by atomic mass is 10.2.